The molecule has 5 heteroatoms. The number of nitrogen functional groups attached to an aromatic ring is 1. The summed E-state index contributed by atoms with van der Waals surface area (Å²) in [5.74, 6) is 0.625. The number of benzene rings is 2. The monoisotopic (exact) mass is 337 g/mol. The summed E-state index contributed by atoms with van der Waals surface area (Å²) in [6, 6.07) is 14.1. The second-order valence-electron chi connectivity index (χ2n) is 7.13. The average molecular weight is 337 g/mol. The van der Waals surface area contributed by atoms with Gasteiger partial charge >= 0.3 is 0 Å². The number of hydrogen-bond donors (Lipinski definition) is 5. The molecular weight excluding hydrogens is 310 g/mol. The van der Waals surface area contributed by atoms with Gasteiger partial charge in [-0.1, -0.05) is 44.2 Å². The number of anilines is 1. The molecule has 0 aliphatic carbocycles. The van der Waals surface area contributed by atoms with E-state index in [1.54, 1.807) is 0 Å². The Labute approximate surface area is 149 Å². The highest BCUT2D eigenvalue weighted by atomic mass is 15.5. The Hall–Kier alpha value is -2.21. The first-order valence-corrected chi connectivity index (χ1v) is 8.79. The minimum Gasteiger partial charge on any atom is -0.398 e. The van der Waals surface area contributed by atoms with Gasteiger partial charge in [0.2, 0.25) is 0 Å². The van der Waals surface area contributed by atoms with Crippen LogP contribution in [-0.4, -0.2) is 11.9 Å². The van der Waals surface area contributed by atoms with E-state index in [9.17, 15) is 0 Å². The maximum Gasteiger partial charge on any atom is 0.0976 e. The molecule has 1 saturated heterocycles. The minimum absolute atomic E-state index is 0.00979. The zero-order valence-corrected chi connectivity index (χ0v) is 15.1. The molecule has 6 N–H and O–H groups in total. The van der Waals surface area contributed by atoms with Crippen LogP contribution in [0.1, 0.15) is 49.2 Å². The van der Waals surface area contributed by atoms with Crippen molar-refractivity contribution in [1.82, 2.24) is 16.2 Å². The first-order valence-electron chi connectivity index (χ1n) is 8.79. The largest absolute Gasteiger partial charge is 0.398 e. The Balaban J connectivity index is 1.83. The van der Waals surface area contributed by atoms with Gasteiger partial charge in [-0.25, -0.2) is 10.9 Å². The number of rotatable bonds is 5. The van der Waals surface area contributed by atoms with Crippen LogP contribution in [0.5, 0.6) is 0 Å². The summed E-state index contributed by atoms with van der Waals surface area (Å²) in [7, 11) is 0. The molecule has 2 aromatic rings. The van der Waals surface area contributed by atoms with E-state index in [2.05, 4.69) is 42.1 Å². The minimum atomic E-state index is 0.00979. The second-order valence-corrected chi connectivity index (χ2v) is 7.13. The van der Waals surface area contributed by atoms with E-state index in [0.717, 1.165) is 23.1 Å². The number of nitrogens with one attached hydrogen (secondary N) is 4. The first kappa shape index (κ1) is 17.6. The Morgan fingerprint density at radius 3 is 2.44 bits per heavy atom. The first-order chi connectivity index (χ1) is 11.9. The lowest BCUT2D eigenvalue weighted by Gasteiger charge is -2.15. The molecular formula is C20H27N5. The van der Waals surface area contributed by atoms with Gasteiger partial charge in [0.1, 0.15) is 0 Å². The van der Waals surface area contributed by atoms with Gasteiger partial charge in [0.25, 0.3) is 0 Å². The third-order valence-electron chi connectivity index (χ3n) is 4.43. The standard InChI is InChI=1S/C20H27N5/c1-12(2)10-14-4-6-15(7-5-14)19(22)17-11-16(8-9-18(17)21)20-23-13(3)24-25-20/h4-9,11-13,20,22-25H,10,21H2,1-3H3. The fraction of sp³-hybridized carbons (Fsp3) is 0.350. The van der Waals surface area contributed by atoms with Crippen molar-refractivity contribution in [3.8, 4) is 0 Å². The fourth-order valence-electron chi connectivity index (χ4n) is 3.13. The molecule has 1 heterocycles. The van der Waals surface area contributed by atoms with Gasteiger partial charge in [-0.3, -0.25) is 10.7 Å². The predicted octanol–water partition coefficient (Wildman–Crippen LogP) is 2.93. The van der Waals surface area contributed by atoms with Crippen molar-refractivity contribution in [2.45, 2.75) is 39.5 Å². The van der Waals surface area contributed by atoms with Crippen LogP contribution in [0.25, 0.3) is 0 Å². The van der Waals surface area contributed by atoms with Crippen LogP contribution in [0.15, 0.2) is 42.5 Å². The Bertz CT molecular complexity index is 751. The van der Waals surface area contributed by atoms with Crippen molar-refractivity contribution < 1.29 is 0 Å². The molecule has 25 heavy (non-hydrogen) atoms. The topological polar surface area (TPSA) is 86.0 Å². The molecule has 0 spiro atoms. The Kier molecular flexibility index (Phi) is 5.18. The van der Waals surface area contributed by atoms with Gasteiger partial charge in [0.05, 0.1) is 18.0 Å². The van der Waals surface area contributed by atoms with E-state index in [1.807, 2.05) is 37.3 Å². The van der Waals surface area contributed by atoms with Gasteiger partial charge in [-0.05, 0) is 42.5 Å². The summed E-state index contributed by atoms with van der Waals surface area (Å²) in [6.45, 7) is 6.47. The van der Waals surface area contributed by atoms with Crippen molar-refractivity contribution in [3.05, 3.63) is 64.7 Å². The molecule has 1 aliphatic rings. The average Bonchev–Trinajstić information content (AvgIpc) is 3.01. The van der Waals surface area contributed by atoms with Crippen LogP contribution in [0, 0.1) is 11.3 Å². The predicted molar refractivity (Wildman–Crippen MR) is 103 cm³/mol. The summed E-state index contributed by atoms with van der Waals surface area (Å²) < 4.78 is 0. The summed E-state index contributed by atoms with van der Waals surface area (Å²) in [6.07, 6.45) is 1.25. The van der Waals surface area contributed by atoms with Crippen molar-refractivity contribution >= 4 is 11.4 Å². The molecule has 0 radical (unpaired) electrons. The SMILES string of the molecule is CC(C)Cc1ccc(C(=N)c2cc(C3NNC(C)N3)ccc2N)cc1. The molecule has 1 fully saturated rings. The maximum atomic E-state index is 8.59. The fourth-order valence-corrected chi connectivity index (χ4v) is 3.13. The van der Waals surface area contributed by atoms with E-state index in [1.165, 1.54) is 5.56 Å². The molecule has 2 aromatic carbocycles. The summed E-state index contributed by atoms with van der Waals surface area (Å²) >= 11 is 0. The van der Waals surface area contributed by atoms with Crippen molar-refractivity contribution in [2.24, 2.45) is 5.92 Å². The summed E-state index contributed by atoms with van der Waals surface area (Å²) in [4.78, 5) is 0. The smallest absolute Gasteiger partial charge is 0.0976 e. The van der Waals surface area contributed by atoms with E-state index in [4.69, 9.17) is 11.1 Å². The highest BCUT2D eigenvalue weighted by Crippen LogP contribution is 2.23. The lowest BCUT2D eigenvalue weighted by atomic mass is 9.96. The lowest BCUT2D eigenvalue weighted by Crippen LogP contribution is -2.30. The quantitative estimate of drug-likeness (QED) is 0.429. The highest BCUT2D eigenvalue weighted by molar-refractivity contribution is 6.13. The lowest BCUT2D eigenvalue weighted by molar-refractivity contribution is 0.555. The number of nitrogens with two attached hydrogens (primary N) is 1. The maximum absolute atomic E-state index is 8.59. The van der Waals surface area contributed by atoms with Gasteiger partial charge in [-0.15, -0.1) is 0 Å². The van der Waals surface area contributed by atoms with Crippen LogP contribution < -0.4 is 21.9 Å². The third kappa shape index (κ3) is 4.07. The molecule has 132 valence electrons. The summed E-state index contributed by atoms with van der Waals surface area (Å²) in [5, 5.41) is 12.0. The Morgan fingerprint density at radius 2 is 1.84 bits per heavy atom. The molecule has 1 aliphatic heterocycles. The third-order valence-corrected chi connectivity index (χ3v) is 4.43. The number of hydrogen-bond acceptors (Lipinski definition) is 5. The van der Waals surface area contributed by atoms with Crippen molar-refractivity contribution in [3.63, 3.8) is 0 Å². The zero-order valence-electron chi connectivity index (χ0n) is 15.1. The van der Waals surface area contributed by atoms with E-state index in [-0.39, 0.29) is 12.3 Å². The molecule has 2 atom stereocenters. The summed E-state index contributed by atoms with van der Waals surface area (Å²) in [5.41, 5.74) is 17.6. The van der Waals surface area contributed by atoms with Crippen LogP contribution in [0.3, 0.4) is 0 Å². The molecule has 2 unspecified atom stereocenters. The van der Waals surface area contributed by atoms with Crippen LogP contribution in [0.2, 0.25) is 0 Å². The van der Waals surface area contributed by atoms with Gasteiger partial charge < -0.3 is 5.73 Å². The van der Waals surface area contributed by atoms with E-state index >= 15 is 0 Å². The molecule has 3 rings (SSSR count). The zero-order chi connectivity index (χ0) is 18.0. The van der Waals surface area contributed by atoms with Gasteiger partial charge in [0.15, 0.2) is 0 Å². The van der Waals surface area contributed by atoms with E-state index in [0.29, 0.717) is 17.3 Å². The molecule has 0 bridgehead atoms. The van der Waals surface area contributed by atoms with Crippen LogP contribution >= 0.6 is 0 Å². The van der Waals surface area contributed by atoms with E-state index < -0.39 is 0 Å². The Morgan fingerprint density at radius 1 is 1.12 bits per heavy atom. The van der Waals surface area contributed by atoms with Gasteiger partial charge in [0, 0.05) is 16.8 Å². The van der Waals surface area contributed by atoms with Crippen molar-refractivity contribution in [2.75, 3.05) is 5.73 Å². The normalized spacial score (nSPS) is 20.2. The molecule has 0 saturated carbocycles. The second kappa shape index (κ2) is 7.35. The molecule has 0 aromatic heterocycles. The van der Waals surface area contributed by atoms with Crippen LogP contribution in [0.4, 0.5) is 5.69 Å². The van der Waals surface area contributed by atoms with Crippen molar-refractivity contribution in [1.29, 1.82) is 5.41 Å². The van der Waals surface area contributed by atoms with Crippen LogP contribution in [-0.2, 0) is 6.42 Å². The highest BCUT2D eigenvalue weighted by Gasteiger charge is 2.21. The number of hydrazine groups is 1. The molecule has 0 amide bonds. The molecule has 5 nitrogen and oxygen atoms in total. The van der Waals surface area contributed by atoms with Gasteiger partial charge in [-0.2, -0.15) is 0 Å².